The van der Waals surface area contributed by atoms with Gasteiger partial charge in [-0.1, -0.05) is 0 Å². The number of nitrogens with zero attached hydrogens (tertiary/aromatic N) is 6. The molecule has 2 aliphatic heterocycles. The van der Waals surface area contributed by atoms with E-state index in [0.29, 0.717) is 56.4 Å². The summed E-state index contributed by atoms with van der Waals surface area (Å²) in [4.78, 5) is 44.4. The number of carbonyl (C=O) groups excluding carboxylic acids is 2. The zero-order chi connectivity index (χ0) is 24.7. The highest BCUT2D eigenvalue weighted by Gasteiger charge is 2.37. The fourth-order valence-corrected chi connectivity index (χ4v) is 4.60. The number of aromatic nitrogens is 3. The Morgan fingerprint density at radius 2 is 1.89 bits per heavy atom. The third kappa shape index (κ3) is 4.65. The average molecular weight is 484 g/mol. The van der Waals surface area contributed by atoms with Crippen molar-refractivity contribution < 1.29 is 23.5 Å². The van der Waals surface area contributed by atoms with E-state index in [-0.39, 0.29) is 35.7 Å². The molecule has 2 fully saturated rings. The Morgan fingerprint density at radius 1 is 1.14 bits per heavy atom. The summed E-state index contributed by atoms with van der Waals surface area (Å²) in [6.07, 6.45) is 3.07. The first-order valence-corrected chi connectivity index (χ1v) is 11.7. The number of furan rings is 1. The second-order valence-corrected chi connectivity index (χ2v) is 9.61. The number of anilines is 2. The molecule has 2 aliphatic rings. The lowest BCUT2D eigenvalue weighted by atomic mass is 10.0. The van der Waals surface area contributed by atoms with Gasteiger partial charge in [0.2, 0.25) is 17.8 Å². The predicted octanol–water partition coefficient (Wildman–Crippen LogP) is 1.26. The molecule has 35 heavy (non-hydrogen) atoms. The van der Waals surface area contributed by atoms with Gasteiger partial charge >= 0.3 is 0 Å². The van der Waals surface area contributed by atoms with Crippen LogP contribution in [0.15, 0.2) is 27.2 Å². The summed E-state index contributed by atoms with van der Waals surface area (Å²) in [5.41, 5.74) is 5.68. The molecule has 2 saturated heterocycles. The number of fused-ring (bicyclic) bond motifs is 1. The third-order valence-corrected chi connectivity index (χ3v) is 6.33. The van der Waals surface area contributed by atoms with Crippen molar-refractivity contribution in [3.8, 4) is 11.7 Å². The Morgan fingerprint density at radius 3 is 2.57 bits per heavy atom. The van der Waals surface area contributed by atoms with Crippen molar-refractivity contribution in [3.05, 3.63) is 18.4 Å². The quantitative estimate of drug-likeness (QED) is 0.542. The first-order valence-electron chi connectivity index (χ1n) is 11.7. The van der Waals surface area contributed by atoms with Crippen molar-refractivity contribution in [3.63, 3.8) is 0 Å². The molecule has 1 atom stereocenters. The highest BCUT2D eigenvalue weighted by molar-refractivity contribution is 5.87. The summed E-state index contributed by atoms with van der Waals surface area (Å²) in [5.74, 6) is 1.08. The minimum atomic E-state index is -1.06. The highest BCUT2D eigenvalue weighted by Crippen LogP contribution is 2.30. The number of amides is 2. The highest BCUT2D eigenvalue weighted by atomic mass is 16.4. The van der Waals surface area contributed by atoms with Gasteiger partial charge in [-0.25, -0.2) is 4.98 Å². The number of carbonyl (C=O) groups is 2. The molecular formula is C23H29N7O5. The first-order chi connectivity index (χ1) is 16.7. The Kier molecular flexibility index (Phi) is 5.83. The number of hydrogen-bond donors (Lipinski definition) is 2. The number of nitrogen functional groups attached to an aromatic ring is 1. The topological polar surface area (TPSA) is 155 Å². The van der Waals surface area contributed by atoms with Crippen molar-refractivity contribution in [2.45, 2.75) is 44.8 Å². The van der Waals surface area contributed by atoms with Gasteiger partial charge in [0.15, 0.2) is 17.1 Å². The lowest BCUT2D eigenvalue weighted by molar-refractivity contribution is -0.142. The maximum atomic E-state index is 13.4. The summed E-state index contributed by atoms with van der Waals surface area (Å²) in [6, 6.07) is 3.04. The first kappa shape index (κ1) is 23.1. The molecule has 0 spiro atoms. The second kappa shape index (κ2) is 8.84. The normalized spacial score (nSPS) is 19.1. The van der Waals surface area contributed by atoms with Crippen LogP contribution in [0.4, 0.5) is 11.8 Å². The van der Waals surface area contributed by atoms with Crippen LogP contribution in [0.3, 0.4) is 0 Å². The SMILES string of the molecule is CC(C)(O)CC(=O)N1CCN(C(=O)[C@@H]2CCCN2c2nc(N)c3nc(-c4ccco4)oc3n2)CC1. The van der Waals surface area contributed by atoms with E-state index < -0.39 is 11.6 Å². The van der Waals surface area contributed by atoms with Gasteiger partial charge in [-0.2, -0.15) is 9.97 Å². The number of nitrogens with two attached hydrogens (primary N) is 1. The minimum absolute atomic E-state index is 0.0202. The van der Waals surface area contributed by atoms with E-state index in [1.807, 2.05) is 4.90 Å². The Balaban J connectivity index is 1.30. The van der Waals surface area contributed by atoms with E-state index in [4.69, 9.17) is 14.6 Å². The van der Waals surface area contributed by atoms with Crippen molar-refractivity contribution in [2.24, 2.45) is 0 Å². The van der Waals surface area contributed by atoms with Gasteiger partial charge in [0.1, 0.15) is 6.04 Å². The molecule has 3 aromatic heterocycles. The smallest absolute Gasteiger partial charge is 0.265 e. The van der Waals surface area contributed by atoms with Gasteiger partial charge in [-0.15, -0.1) is 0 Å². The third-order valence-electron chi connectivity index (χ3n) is 6.33. The van der Waals surface area contributed by atoms with E-state index >= 15 is 0 Å². The predicted molar refractivity (Wildman–Crippen MR) is 126 cm³/mol. The fraction of sp³-hybridized carbons (Fsp3) is 0.522. The van der Waals surface area contributed by atoms with E-state index in [0.717, 1.165) is 6.42 Å². The monoisotopic (exact) mass is 483 g/mol. The van der Waals surface area contributed by atoms with Gasteiger partial charge in [-0.3, -0.25) is 9.59 Å². The number of oxazole rings is 1. The molecule has 5 rings (SSSR count). The number of hydrogen-bond acceptors (Lipinski definition) is 10. The molecule has 12 nitrogen and oxygen atoms in total. The molecule has 186 valence electrons. The van der Waals surface area contributed by atoms with Gasteiger partial charge in [0.05, 0.1) is 18.3 Å². The summed E-state index contributed by atoms with van der Waals surface area (Å²) in [7, 11) is 0. The van der Waals surface area contributed by atoms with Gasteiger partial charge in [-0.05, 0) is 38.8 Å². The van der Waals surface area contributed by atoms with Crippen LogP contribution in [-0.4, -0.2) is 86.0 Å². The summed E-state index contributed by atoms with van der Waals surface area (Å²) in [5, 5.41) is 9.92. The van der Waals surface area contributed by atoms with Crippen molar-refractivity contribution >= 4 is 34.8 Å². The Hall–Kier alpha value is -3.67. The molecule has 0 unspecified atom stereocenters. The minimum Gasteiger partial charge on any atom is -0.459 e. The van der Waals surface area contributed by atoms with Gasteiger partial charge < -0.3 is 34.4 Å². The fourth-order valence-electron chi connectivity index (χ4n) is 4.60. The van der Waals surface area contributed by atoms with Crippen LogP contribution in [-0.2, 0) is 9.59 Å². The van der Waals surface area contributed by atoms with Crippen LogP contribution in [0.1, 0.15) is 33.1 Å². The van der Waals surface area contributed by atoms with Crippen LogP contribution in [0, 0.1) is 0 Å². The molecule has 12 heteroatoms. The lowest BCUT2D eigenvalue weighted by Crippen LogP contribution is -2.55. The molecular weight excluding hydrogens is 454 g/mol. The molecule has 0 radical (unpaired) electrons. The maximum absolute atomic E-state index is 13.4. The van der Waals surface area contributed by atoms with Crippen molar-refractivity contribution in [1.29, 1.82) is 0 Å². The van der Waals surface area contributed by atoms with E-state index in [9.17, 15) is 14.7 Å². The summed E-state index contributed by atoms with van der Waals surface area (Å²) in [6.45, 7) is 5.61. The Bertz CT molecular complexity index is 1230. The molecule has 0 aliphatic carbocycles. The summed E-state index contributed by atoms with van der Waals surface area (Å²) >= 11 is 0. The number of piperazine rings is 1. The molecule has 3 N–H and O–H groups in total. The van der Waals surface area contributed by atoms with Crippen molar-refractivity contribution in [2.75, 3.05) is 43.4 Å². The van der Waals surface area contributed by atoms with Crippen molar-refractivity contribution in [1.82, 2.24) is 24.8 Å². The summed E-state index contributed by atoms with van der Waals surface area (Å²) < 4.78 is 11.1. The zero-order valence-electron chi connectivity index (χ0n) is 19.8. The molecule has 0 bridgehead atoms. The molecule has 0 saturated carbocycles. The van der Waals surface area contributed by atoms with Gasteiger partial charge in [0.25, 0.3) is 11.6 Å². The average Bonchev–Trinajstić information content (AvgIpc) is 3.57. The number of aliphatic hydroxyl groups is 1. The standard InChI is InChI=1S/C23H29N7O5/c1-23(2,33)13-16(31)28-8-10-29(11-9-28)21(32)14-5-3-7-30(14)22-26-18(24)17-20(27-22)35-19(25-17)15-6-4-12-34-15/h4,6,12,14,33H,3,5,7-11,13H2,1-2H3,(H2,24,26,27)/t14-/m0/s1. The van der Waals surface area contributed by atoms with Crippen LogP contribution in [0.5, 0.6) is 0 Å². The molecule has 2 amide bonds. The molecule has 0 aromatic carbocycles. The lowest BCUT2D eigenvalue weighted by Gasteiger charge is -2.38. The molecule has 3 aromatic rings. The van der Waals surface area contributed by atoms with Crippen LogP contribution < -0.4 is 10.6 Å². The van der Waals surface area contributed by atoms with Crippen LogP contribution in [0.2, 0.25) is 0 Å². The largest absolute Gasteiger partial charge is 0.459 e. The molecule has 5 heterocycles. The maximum Gasteiger partial charge on any atom is 0.265 e. The number of rotatable bonds is 5. The second-order valence-electron chi connectivity index (χ2n) is 9.61. The van der Waals surface area contributed by atoms with Crippen LogP contribution in [0.25, 0.3) is 22.9 Å². The van der Waals surface area contributed by atoms with Gasteiger partial charge in [0, 0.05) is 32.7 Å². The van der Waals surface area contributed by atoms with Crippen LogP contribution >= 0.6 is 0 Å². The van der Waals surface area contributed by atoms with E-state index in [1.165, 1.54) is 6.26 Å². The zero-order valence-corrected chi connectivity index (χ0v) is 19.8. The van der Waals surface area contributed by atoms with E-state index in [1.54, 1.807) is 35.8 Å². The van der Waals surface area contributed by atoms with E-state index in [2.05, 4.69) is 15.0 Å². The Labute approximate surface area is 201 Å².